The van der Waals surface area contributed by atoms with Crippen LogP contribution in [0, 0.1) is 0 Å². The molecule has 0 aromatic carbocycles. The molecule has 0 rings (SSSR count). The number of hydrogen-bond acceptors (Lipinski definition) is 2. The van der Waals surface area contributed by atoms with Gasteiger partial charge in [0.1, 0.15) is 0 Å². The molecule has 90 valence electrons. The SMILES string of the molecule is CCCCCCCCOCCCC(N)=S. The number of hydrogen-bond donors (Lipinski definition) is 1. The molecule has 0 unspecified atom stereocenters. The third-order valence-electron chi connectivity index (χ3n) is 2.35. The average Bonchev–Trinajstić information content (AvgIpc) is 2.20. The Bertz CT molecular complexity index is 151. The number of unbranched alkanes of at least 4 members (excludes halogenated alkanes) is 5. The van der Waals surface area contributed by atoms with E-state index in [9.17, 15) is 0 Å². The highest BCUT2D eigenvalue weighted by atomic mass is 32.1. The van der Waals surface area contributed by atoms with Crippen LogP contribution in [-0.4, -0.2) is 18.2 Å². The Morgan fingerprint density at radius 3 is 2.27 bits per heavy atom. The highest BCUT2D eigenvalue weighted by Gasteiger charge is 1.93. The van der Waals surface area contributed by atoms with E-state index in [-0.39, 0.29) is 0 Å². The van der Waals surface area contributed by atoms with Gasteiger partial charge in [0.05, 0.1) is 4.99 Å². The quantitative estimate of drug-likeness (QED) is 0.437. The summed E-state index contributed by atoms with van der Waals surface area (Å²) in [4.78, 5) is 0.596. The fourth-order valence-corrected chi connectivity index (χ4v) is 1.58. The highest BCUT2D eigenvalue weighted by Crippen LogP contribution is 2.05. The smallest absolute Gasteiger partial charge is 0.0728 e. The van der Waals surface area contributed by atoms with Crippen LogP contribution >= 0.6 is 12.2 Å². The lowest BCUT2D eigenvalue weighted by atomic mass is 10.1. The van der Waals surface area contributed by atoms with Crippen LogP contribution in [0.4, 0.5) is 0 Å². The molecule has 2 nitrogen and oxygen atoms in total. The van der Waals surface area contributed by atoms with Crippen molar-refractivity contribution in [2.24, 2.45) is 5.73 Å². The molecule has 15 heavy (non-hydrogen) atoms. The number of thiocarbonyl (C=S) groups is 1. The summed E-state index contributed by atoms with van der Waals surface area (Å²) in [5.41, 5.74) is 5.38. The van der Waals surface area contributed by atoms with Crippen molar-refractivity contribution in [1.82, 2.24) is 0 Å². The molecule has 0 bridgehead atoms. The first-order valence-corrected chi connectivity index (χ1v) is 6.54. The Balaban J connectivity index is 2.89. The molecular formula is C12H25NOS. The molecule has 0 aliphatic carbocycles. The first kappa shape index (κ1) is 14.8. The molecule has 0 saturated heterocycles. The molecule has 0 amide bonds. The largest absolute Gasteiger partial charge is 0.393 e. The second kappa shape index (κ2) is 11.9. The lowest BCUT2D eigenvalue weighted by Gasteiger charge is -2.03. The summed E-state index contributed by atoms with van der Waals surface area (Å²) in [6.45, 7) is 3.93. The molecular weight excluding hydrogens is 206 g/mol. The van der Waals surface area contributed by atoms with Crippen molar-refractivity contribution in [1.29, 1.82) is 0 Å². The molecule has 0 atom stereocenters. The molecule has 0 aliphatic heterocycles. The maximum absolute atomic E-state index is 5.48. The second-order valence-electron chi connectivity index (χ2n) is 3.95. The third kappa shape index (κ3) is 13.9. The maximum Gasteiger partial charge on any atom is 0.0728 e. The molecule has 0 saturated carbocycles. The Morgan fingerprint density at radius 1 is 1.00 bits per heavy atom. The van der Waals surface area contributed by atoms with Crippen LogP contribution in [0.25, 0.3) is 0 Å². The maximum atomic E-state index is 5.48. The Morgan fingerprint density at radius 2 is 1.60 bits per heavy atom. The molecule has 0 fully saturated rings. The molecule has 0 spiro atoms. The van der Waals surface area contributed by atoms with Crippen molar-refractivity contribution in [3.8, 4) is 0 Å². The number of ether oxygens (including phenoxy) is 1. The van der Waals surface area contributed by atoms with Gasteiger partial charge in [-0.2, -0.15) is 0 Å². The Hall–Kier alpha value is -0.150. The lowest BCUT2D eigenvalue weighted by Crippen LogP contribution is -2.08. The van der Waals surface area contributed by atoms with Crippen molar-refractivity contribution in [2.45, 2.75) is 58.3 Å². The van der Waals surface area contributed by atoms with Gasteiger partial charge in [-0.1, -0.05) is 51.2 Å². The summed E-state index contributed by atoms with van der Waals surface area (Å²) in [6, 6.07) is 0. The molecule has 0 aromatic heterocycles. The number of nitrogens with two attached hydrogens (primary N) is 1. The zero-order chi connectivity index (χ0) is 11.4. The minimum atomic E-state index is 0.596. The van der Waals surface area contributed by atoms with Gasteiger partial charge in [-0.3, -0.25) is 0 Å². The van der Waals surface area contributed by atoms with E-state index in [2.05, 4.69) is 6.92 Å². The molecule has 3 heteroatoms. The van der Waals surface area contributed by atoms with E-state index in [4.69, 9.17) is 22.7 Å². The van der Waals surface area contributed by atoms with E-state index in [0.717, 1.165) is 26.1 Å². The lowest BCUT2D eigenvalue weighted by molar-refractivity contribution is 0.129. The minimum Gasteiger partial charge on any atom is -0.393 e. The van der Waals surface area contributed by atoms with Gasteiger partial charge >= 0.3 is 0 Å². The average molecular weight is 231 g/mol. The molecule has 2 N–H and O–H groups in total. The van der Waals surface area contributed by atoms with Gasteiger partial charge in [0, 0.05) is 13.2 Å². The number of rotatable bonds is 11. The molecule has 0 aliphatic rings. The summed E-state index contributed by atoms with van der Waals surface area (Å²) in [6.07, 6.45) is 9.68. The second-order valence-corrected chi connectivity index (χ2v) is 4.47. The van der Waals surface area contributed by atoms with Crippen LogP contribution in [0.2, 0.25) is 0 Å². The first-order valence-electron chi connectivity index (χ1n) is 6.13. The van der Waals surface area contributed by atoms with Crippen LogP contribution in [0.15, 0.2) is 0 Å². The Labute approximate surface area is 99.6 Å². The summed E-state index contributed by atoms with van der Waals surface area (Å²) in [5, 5.41) is 0. The highest BCUT2D eigenvalue weighted by molar-refractivity contribution is 7.80. The fraction of sp³-hybridized carbons (Fsp3) is 0.917. The van der Waals surface area contributed by atoms with E-state index in [1.807, 2.05) is 0 Å². The topological polar surface area (TPSA) is 35.2 Å². The Kier molecular flexibility index (Phi) is 11.8. The van der Waals surface area contributed by atoms with Crippen molar-refractivity contribution in [3.63, 3.8) is 0 Å². The van der Waals surface area contributed by atoms with Gasteiger partial charge in [0.15, 0.2) is 0 Å². The van der Waals surface area contributed by atoms with E-state index in [0.29, 0.717) is 4.99 Å². The van der Waals surface area contributed by atoms with Crippen LogP contribution < -0.4 is 5.73 Å². The van der Waals surface area contributed by atoms with Gasteiger partial charge in [0.25, 0.3) is 0 Å². The van der Waals surface area contributed by atoms with Crippen molar-refractivity contribution < 1.29 is 4.74 Å². The normalized spacial score (nSPS) is 10.5. The van der Waals surface area contributed by atoms with E-state index in [1.165, 1.54) is 38.5 Å². The van der Waals surface area contributed by atoms with Gasteiger partial charge in [-0.15, -0.1) is 0 Å². The molecule has 0 heterocycles. The van der Waals surface area contributed by atoms with Gasteiger partial charge in [0.2, 0.25) is 0 Å². The standard InChI is InChI=1S/C12H25NOS/c1-2-3-4-5-6-7-10-14-11-8-9-12(13)15/h2-11H2,1H3,(H2,13,15). The fourth-order valence-electron chi connectivity index (χ4n) is 1.43. The van der Waals surface area contributed by atoms with Gasteiger partial charge in [-0.25, -0.2) is 0 Å². The monoisotopic (exact) mass is 231 g/mol. The summed E-state index contributed by atoms with van der Waals surface area (Å²) in [7, 11) is 0. The van der Waals surface area contributed by atoms with E-state index >= 15 is 0 Å². The first-order chi connectivity index (χ1) is 7.27. The molecule has 0 aromatic rings. The van der Waals surface area contributed by atoms with Crippen LogP contribution in [0.5, 0.6) is 0 Å². The van der Waals surface area contributed by atoms with Crippen molar-refractivity contribution >= 4 is 17.2 Å². The molecule has 0 radical (unpaired) electrons. The zero-order valence-corrected chi connectivity index (χ0v) is 10.8. The summed E-state index contributed by atoms with van der Waals surface area (Å²) in [5.74, 6) is 0. The van der Waals surface area contributed by atoms with Crippen molar-refractivity contribution in [3.05, 3.63) is 0 Å². The third-order valence-corrected chi connectivity index (χ3v) is 2.56. The van der Waals surface area contributed by atoms with E-state index in [1.54, 1.807) is 0 Å². The van der Waals surface area contributed by atoms with Crippen LogP contribution in [0.1, 0.15) is 58.3 Å². The predicted octanol–water partition coefficient (Wildman–Crippen LogP) is 3.43. The van der Waals surface area contributed by atoms with Gasteiger partial charge in [-0.05, 0) is 19.3 Å². The van der Waals surface area contributed by atoms with Crippen LogP contribution in [-0.2, 0) is 4.74 Å². The van der Waals surface area contributed by atoms with Crippen LogP contribution in [0.3, 0.4) is 0 Å². The zero-order valence-electron chi connectivity index (χ0n) is 9.96. The van der Waals surface area contributed by atoms with Crippen molar-refractivity contribution in [2.75, 3.05) is 13.2 Å². The van der Waals surface area contributed by atoms with Gasteiger partial charge < -0.3 is 10.5 Å². The van der Waals surface area contributed by atoms with E-state index < -0.39 is 0 Å². The summed E-state index contributed by atoms with van der Waals surface area (Å²) >= 11 is 4.78. The minimum absolute atomic E-state index is 0.596. The summed E-state index contributed by atoms with van der Waals surface area (Å²) < 4.78 is 5.48. The predicted molar refractivity (Wildman–Crippen MR) is 70.2 cm³/mol.